The Morgan fingerprint density at radius 1 is 1.28 bits per heavy atom. The highest BCUT2D eigenvalue weighted by Gasteiger charge is 2.21. The topological polar surface area (TPSA) is 41.1 Å². The second-order valence-corrected chi connectivity index (χ2v) is 6.34. The minimum absolute atomic E-state index is 0.264. The van der Waals surface area contributed by atoms with Crippen LogP contribution in [0.15, 0.2) is 0 Å². The van der Waals surface area contributed by atoms with Gasteiger partial charge in [0.1, 0.15) is 0 Å². The largest absolute Gasteiger partial charge is 0.356 e. The minimum Gasteiger partial charge on any atom is -0.356 e. The van der Waals surface area contributed by atoms with Gasteiger partial charge in [0.2, 0.25) is 5.91 Å². The highest BCUT2D eigenvalue weighted by molar-refractivity contribution is 5.75. The Morgan fingerprint density at radius 2 is 2.17 bits per heavy atom. The molecule has 1 saturated heterocycles. The van der Waals surface area contributed by atoms with Crippen LogP contribution in [0.1, 0.15) is 51.9 Å². The highest BCUT2D eigenvalue weighted by Crippen LogP contribution is 2.29. The van der Waals surface area contributed by atoms with Gasteiger partial charge in [-0.05, 0) is 62.9 Å². The number of hydrogen-bond donors (Lipinski definition) is 2. The third-order valence-electron chi connectivity index (χ3n) is 4.57. The number of amides is 1. The van der Waals surface area contributed by atoms with E-state index in [1.54, 1.807) is 0 Å². The number of nitrogens with one attached hydrogen (secondary N) is 2. The predicted octanol–water partition coefficient (Wildman–Crippen LogP) is 2.32. The summed E-state index contributed by atoms with van der Waals surface area (Å²) in [6.45, 7) is 5.49. The smallest absolute Gasteiger partial charge is 0.220 e. The SMILES string of the molecule is CC1CCC(CNC(=O)CCC2CCCNC2)C1. The molecule has 0 spiro atoms. The predicted molar refractivity (Wildman–Crippen MR) is 74.3 cm³/mol. The first-order chi connectivity index (χ1) is 8.74. The minimum atomic E-state index is 0.264. The van der Waals surface area contributed by atoms with Crippen LogP contribution in [-0.2, 0) is 4.79 Å². The molecule has 3 unspecified atom stereocenters. The highest BCUT2D eigenvalue weighted by atomic mass is 16.1. The van der Waals surface area contributed by atoms with Crippen molar-refractivity contribution < 1.29 is 4.79 Å². The summed E-state index contributed by atoms with van der Waals surface area (Å²) in [4.78, 5) is 11.8. The van der Waals surface area contributed by atoms with Crippen LogP contribution >= 0.6 is 0 Å². The van der Waals surface area contributed by atoms with Crippen LogP contribution in [0.4, 0.5) is 0 Å². The Hall–Kier alpha value is -0.570. The van der Waals surface area contributed by atoms with Gasteiger partial charge >= 0.3 is 0 Å². The summed E-state index contributed by atoms with van der Waals surface area (Å²) in [6.07, 6.45) is 8.27. The zero-order chi connectivity index (χ0) is 12.8. The fourth-order valence-electron chi connectivity index (χ4n) is 3.36. The molecule has 1 aliphatic carbocycles. The normalized spacial score (nSPS) is 32.4. The van der Waals surface area contributed by atoms with Gasteiger partial charge in [0.05, 0.1) is 0 Å². The fourth-order valence-corrected chi connectivity index (χ4v) is 3.36. The van der Waals surface area contributed by atoms with E-state index < -0.39 is 0 Å². The lowest BCUT2D eigenvalue weighted by Crippen LogP contribution is -2.32. The summed E-state index contributed by atoms with van der Waals surface area (Å²) in [5, 5.41) is 6.53. The zero-order valence-electron chi connectivity index (χ0n) is 11.7. The molecule has 104 valence electrons. The Morgan fingerprint density at radius 3 is 2.83 bits per heavy atom. The van der Waals surface area contributed by atoms with Crippen LogP contribution in [0.5, 0.6) is 0 Å². The molecule has 3 heteroatoms. The first-order valence-corrected chi connectivity index (χ1v) is 7.71. The molecule has 0 aromatic heterocycles. The quantitative estimate of drug-likeness (QED) is 0.788. The summed E-state index contributed by atoms with van der Waals surface area (Å²) in [5.74, 6) is 2.58. The molecule has 2 N–H and O–H groups in total. The number of rotatable bonds is 5. The Balaban J connectivity index is 1.54. The molecule has 2 aliphatic rings. The molecule has 1 aliphatic heterocycles. The average molecular weight is 252 g/mol. The van der Waals surface area contributed by atoms with Crippen LogP contribution in [-0.4, -0.2) is 25.5 Å². The molecule has 1 heterocycles. The van der Waals surface area contributed by atoms with Gasteiger partial charge in [-0.15, -0.1) is 0 Å². The Kier molecular flexibility index (Phi) is 5.48. The molecular weight excluding hydrogens is 224 g/mol. The van der Waals surface area contributed by atoms with Crippen LogP contribution in [0.2, 0.25) is 0 Å². The van der Waals surface area contributed by atoms with E-state index in [-0.39, 0.29) is 5.91 Å². The van der Waals surface area contributed by atoms with E-state index in [0.29, 0.717) is 6.42 Å². The van der Waals surface area contributed by atoms with Gasteiger partial charge in [-0.2, -0.15) is 0 Å². The summed E-state index contributed by atoms with van der Waals surface area (Å²) < 4.78 is 0. The molecule has 1 amide bonds. The molecule has 3 atom stereocenters. The van der Waals surface area contributed by atoms with Gasteiger partial charge < -0.3 is 10.6 Å². The van der Waals surface area contributed by atoms with Gasteiger partial charge in [0.25, 0.3) is 0 Å². The number of hydrogen-bond acceptors (Lipinski definition) is 2. The van der Waals surface area contributed by atoms with Crippen LogP contribution in [0.3, 0.4) is 0 Å². The van der Waals surface area contributed by atoms with Crippen molar-refractivity contribution in [3.8, 4) is 0 Å². The number of carbonyl (C=O) groups excluding carboxylic acids is 1. The van der Waals surface area contributed by atoms with Crippen molar-refractivity contribution in [2.45, 2.75) is 51.9 Å². The molecule has 18 heavy (non-hydrogen) atoms. The summed E-state index contributed by atoms with van der Waals surface area (Å²) in [6, 6.07) is 0. The second kappa shape index (κ2) is 7.13. The second-order valence-electron chi connectivity index (χ2n) is 6.34. The molecular formula is C15H28N2O. The maximum absolute atomic E-state index is 11.8. The maximum atomic E-state index is 11.8. The third kappa shape index (κ3) is 4.60. The van der Waals surface area contributed by atoms with E-state index in [2.05, 4.69) is 17.6 Å². The fraction of sp³-hybridized carbons (Fsp3) is 0.933. The summed E-state index contributed by atoms with van der Waals surface area (Å²) in [5.41, 5.74) is 0. The van der Waals surface area contributed by atoms with Crippen molar-refractivity contribution in [1.29, 1.82) is 0 Å². The van der Waals surface area contributed by atoms with E-state index in [0.717, 1.165) is 43.8 Å². The Bertz CT molecular complexity index is 250. The third-order valence-corrected chi connectivity index (χ3v) is 4.57. The molecule has 0 aromatic carbocycles. The Labute approximate surface area is 111 Å². The number of carbonyl (C=O) groups is 1. The van der Waals surface area contributed by atoms with Gasteiger partial charge in [-0.3, -0.25) is 4.79 Å². The first kappa shape index (κ1) is 13.9. The maximum Gasteiger partial charge on any atom is 0.220 e. The van der Waals surface area contributed by atoms with E-state index >= 15 is 0 Å². The van der Waals surface area contributed by atoms with Crippen LogP contribution in [0, 0.1) is 17.8 Å². The van der Waals surface area contributed by atoms with Crippen LogP contribution < -0.4 is 10.6 Å². The van der Waals surface area contributed by atoms with Crippen LogP contribution in [0.25, 0.3) is 0 Å². The van der Waals surface area contributed by atoms with E-state index in [1.165, 1.54) is 32.1 Å². The lowest BCUT2D eigenvalue weighted by Gasteiger charge is -2.22. The zero-order valence-corrected chi connectivity index (χ0v) is 11.7. The average Bonchev–Trinajstić information content (AvgIpc) is 2.81. The van der Waals surface area contributed by atoms with Crippen molar-refractivity contribution >= 4 is 5.91 Å². The lowest BCUT2D eigenvalue weighted by molar-refractivity contribution is -0.121. The van der Waals surface area contributed by atoms with Crippen molar-refractivity contribution in [1.82, 2.24) is 10.6 Å². The molecule has 2 rings (SSSR count). The van der Waals surface area contributed by atoms with Crippen molar-refractivity contribution in [3.63, 3.8) is 0 Å². The first-order valence-electron chi connectivity index (χ1n) is 7.71. The van der Waals surface area contributed by atoms with E-state index in [9.17, 15) is 4.79 Å². The van der Waals surface area contributed by atoms with Gasteiger partial charge in [-0.1, -0.05) is 13.3 Å². The standard InChI is InChI=1S/C15H28N2O/c1-12-4-5-14(9-12)11-17-15(18)7-6-13-3-2-8-16-10-13/h12-14,16H,2-11H2,1H3,(H,17,18). The molecule has 1 saturated carbocycles. The molecule has 0 aromatic rings. The van der Waals surface area contributed by atoms with Gasteiger partial charge in [0.15, 0.2) is 0 Å². The molecule has 3 nitrogen and oxygen atoms in total. The lowest BCUT2D eigenvalue weighted by atomic mass is 9.94. The van der Waals surface area contributed by atoms with E-state index in [1.807, 2.05) is 0 Å². The summed E-state index contributed by atoms with van der Waals surface area (Å²) in [7, 11) is 0. The van der Waals surface area contributed by atoms with Gasteiger partial charge in [-0.25, -0.2) is 0 Å². The number of piperidine rings is 1. The van der Waals surface area contributed by atoms with Crippen molar-refractivity contribution in [2.75, 3.05) is 19.6 Å². The van der Waals surface area contributed by atoms with Crippen molar-refractivity contribution in [2.24, 2.45) is 17.8 Å². The monoisotopic (exact) mass is 252 g/mol. The molecule has 0 bridgehead atoms. The van der Waals surface area contributed by atoms with Gasteiger partial charge in [0, 0.05) is 13.0 Å². The van der Waals surface area contributed by atoms with E-state index in [4.69, 9.17) is 0 Å². The van der Waals surface area contributed by atoms with Crippen molar-refractivity contribution in [3.05, 3.63) is 0 Å². The molecule has 0 radical (unpaired) electrons. The molecule has 2 fully saturated rings. The summed E-state index contributed by atoms with van der Waals surface area (Å²) >= 11 is 0.